The van der Waals surface area contributed by atoms with Crippen LogP contribution < -0.4 is 5.32 Å². The molecule has 0 radical (unpaired) electrons. The highest BCUT2D eigenvalue weighted by Crippen LogP contribution is 2.70. The van der Waals surface area contributed by atoms with Gasteiger partial charge in [0.1, 0.15) is 0 Å². The highest BCUT2D eigenvalue weighted by atomic mass is 16.4. The quantitative estimate of drug-likeness (QED) is 0.923. The van der Waals surface area contributed by atoms with Crippen LogP contribution in [0.4, 0.5) is 0 Å². The van der Waals surface area contributed by atoms with Crippen molar-refractivity contribution in [1.82, 2.24) is 15.5 Å². The van der Waals surface area contributed by atoms with Crippen molar-refractivity contribution in [3.63, 3.8) is 0 Å². The number of nitrogens with one attached hydrogen (secondary N) is 1. The van der Waals surface area contributed by atoms with Gasteiger partial charge in [0, 0.05) is 6.42 Å². The molecule has 0 aliphatic heterocycles. The molecule has 4 nitrogen and oxygen atoms in total. The molecule has 1 N–H and O–H groups in total. The zero-order valence-electron chi connectivity index (χ0n) is 13.5. The molecule has 4 saturated carbocycles. The standard InChI is InChI=1S/C17H27N3O/c1-15-4-12-5-16(2,9-15)11-17(6-12,10-15)7-13-19-20-14(21-13)8-18-3/h12,18H,4-11H2,1-3H3. The maximum absolute atomic E-state index is 5.84. The molecule has 0 amide bonds. The third-order valence-corrected chi connectivity index (χ3v) is 6.10. The van der Waals surface area contributed by atoms with Gasteiger partial charge in [-0.25, -0.2) is 0 Å². The van der Waals surface area contributed by atoms with Crippen LogP contribution in [0.5, 0.6) is 0 Å². The summed E-state index contributed by atoms with van der Waals surface area (Å²) in [7, 11) is 1.91. The average molecular weight is 289 g/mol. The van der Waals surface area contributed by atoms with Gasteiger partial charge in [-0.2, -0.15) is 0 Å². The fraction of sp³-hybridized carbons (Fsp3) is 0.882. The van der Waals surface area contributed by atoms with E-state index in [0.717, 1.165) is 24.1 Å². The normalized spacial score (nSPS) is 44.4. The first-order valence-corrected chi connectivity index (χ1v) is 8.38. The van der Waals surface area contributed by atoms with E-state index >= 15 is 0 Å². The van der Waals surface area contributed by atoms with E-state index in [0.29, 0.717) is 22.8 Å². The van der Waals surface area contributed by atoms with E-state index in [1.54, 1.807) is 0 Å². The number of aromatic nitrogens is 2. The fourth-order valence-electron chi connectivity index (χ4n) is 6.78. The van der Waals surface area contributed by atoms with Crippen LogP contribution in [0.2, 0.25) is 0 Å². The van der Waals surface area contributed by atoms with Crippen LogP contribution in [0.25, 0.3) is 0 Å². The van der Waals surface area contributed by atoms with Gasteiger partial charge in [-0.3, -0.25) is 0 Å². The first-order valence-electron chi connectivity index (χ1n) is 8.38. The SMILES string of the molecule is CNCc1nnc(CC23CC4CC(C)(CC(C)(C4)C2)C3)o1. The molecule has 4 heteroatoms. The first kappa shape index (κ1) is 13.7. The lowest BCUT2D eigenvalue weighted by molar-refractivity contribution is -0.145. The molecule has 5 rings (SSSR count). The van der Waals surface area contributed by atoms with E-state index in [9.17, 15) is 0 Å². The maximum Gasteiger partial charge on any atom is 0.230 e. The minimum Gasteiger partial charge on any atom is -0.424 e. The monoisotopic (exact) mass is 289 g/mol. The maximum atomic E-state index is 5.84. The molecular weight excluding hydrogens is 262 g/mol. The van der Waals surface area contributed by atoms with Crippen LogP contribution in [-0.4, -0.2) is 17.2 Å². The molecule has 2 atom stereocenters. The van der Waals surface area contributed by atoms with Crippen LogP contribution in [-0.2, 0) is 13.0 Å². The number of rotatable bonds is 4. The second-order valence-electron chi connectivity index (χ2n) is 8.93. The summed E-state index contributed by atoms with van der Waals surface area (Å²) in [6, 6.07) is 0. The lowest BCUT2D eigenvalue weighted by Crippen LogP contribution is -2.55. The molecule has 116 valence electrons. The van der Waals surface area contributed by atoms with Crippen LogP contribution in [0.3, 0.4) is 0 Å². The summed E-state index contributed by atoms with van der Waals surface area (Å²) in [6.07, 6.45) is 9.39. The van der Waals surface area contributed by atoms with Crippen molar-refractivity contribution in [2.45, 2.75) is 65.3 Å². The van der Waals surface area contributed by atoms with Crippen molar-refractivity contribution in [2.24, 2.45) is 22.2 Å². The Morgan fingerprint density at radius 2 is 1.71 bits per heavy atom. The molecule has 0 aromatic carbocycles. The van der Waals surface area contributed by atoms with Gasteiger partial charge in [0.2, 0.25) is 11.8 Å². The molecule has 1 aromatic heterocycles. The molecule has 1 heterocycles. The Kier molecular flexibility index (Phi) is 2.82. The Balaban J connectivity index is 1.59. The fourth-order valence-corrected chi connectivity index (χ4v) is 6.78. The summed E-state index contributed by atoms with van der Waals surface area (Å²) in [5.74, 6) is 2.50. The molecule has 21 heavy (non-hydrogen) atoms. The number of hydrogen-bond acceptors (Lipinski definition) is 4. The van der Waals surface area contributed by atoms with Gasteiger partial charge < -0.3 is 9.73 Å². The summed E-state index contributed by atoms with van der Waals surface area (Å²) < 4.78 is 5.84. The molecule has 0 spiro atoms. The van der Waals surface area contributed by atoms with Crippen molar-refractivity contribution >= 4 is 0 Å². The number of nitrogens with zero attached hydrogens (tertiary/aromatic N) is 2. The molecule has 4 aliphatic rings. The Labute approximate surface area is 127 Å². The van der Waals surface area contributed by atoms with Crippen LogP contribution in [0.1, 0.15) is 64.2 Å². The van der Waals surface area contributed by atoms with E-state index < -0.39 is 0 Å². The van der Waals surface area contributed by atoms with Gasteiger partial charge in [-0.15, -0.1) is 10.2 Å². The van der Waals surface area contributed by atoms with Gasteiger partial charge in [0.15, 0.2) is 0 Å². The molecule has 2 unspecified atom stereocenters. The third-order valence-electron chi connectivity index (χ3n) is 6.10. The van der Waals surface area contributed by atoms with E-state index in [1.807, 2.05) is 7.05 Å². The predicted octanol–water partition coefficient (Wildman–Crippen LogP) is 3.33. The third kappa shape index (κ3) is 2.32. The minimum atomic E-state index is 0.423. The highest BCUT2D eigenvalue weighted by molar-refractivity contribution is 5.12. The minimum absolute atomic E-state index is 0.423. The smallest absolute Gasteiger partial charge is 0.230 e. The molecular formula is C17H27N3O. The predicted molar refractivity (Wildman–Crippen MR) is 80.6 cm³/mol. The van der Waals surface area contributed by atoms with Crippen LogP contribution in [0, 0.1) is 22.2 Å². The molecule has 0 saturated heterocycles. The molecule has 4 fully saturated rings. The van der Waals surface area contributed by atoms with Gasteiger partial charge in [0.05, 0.1) is 6.54 Å². The van der Waals surface area contributed by atoms with Crippen LogP contribution >= 0.6 is 0 Å². The Bertz CT molecular complexity index is 534. The summed E-state index contributed by atoms with van der Waals surface area (Å²) in [5, 5.41) is 11.5. The Hall–Kier alpha value is -0.900. The lowest BCUT2D eigenvalue weighted by atomic mass is 9.40. The zero-order chi connectivity index (χ0) is 14.7. The van der Waals surface area contributed by atoms with Crippen molar-refractivity contribution < 1.29 is 4.42 Å². The second-order valence-corrected chi connectivity index (χ2v) is 8.93. The molecule has 4 bridgehead atoms. The Morgan fingerprint density at radius 3 is 2.33 bits per heavy atom. The summed E-state index contributed by atoms with van der Waals surface area (Å²) in [4.78, 5) is 0. The summed E-state index contributed by atoms with van der Waals surface area (Å²) in [6.45, 7) is 5.70. The zero-order valence-corrected chi connectivity index (χ0v) is 13.5. The highest BCUT2D eigenvalue weighted by Gasteiger charge is 2.60. The second kappa shape index (κ2) is 4.31. The van der Waals surface area contributed by atoms with Crippen molar-refractivity contribution in [3.05, 3.63) is 11.8 Å². The molecule has 4 aliphatic carbocycles. The van der Waals surface area contributed by atoms with Crippen molar-refractivity contribution in [1.29, 1.82) is 0 Å². The molecule has 1 aromatic rings. The van der Waals surface area contributed by atoms with E-state index in [2.05, 4.69) is 29.4 Å². The van der Waals surface area contributed by atoms with E-state index in [4.69, 9.17) is 4.42 Å². The van der Waals surface area contributed by atoms with Gasteiger partial charge >= 0.3 is 0 Å². The average Bonchev–Trinajstić information content (AvgIpc) is 2.71. The van der Waals surface area contributed by atoms with Crippen molar-refractivity contribution in [2.75, 3.05) is 7.05 Å². The largest absolute Gasteiger partial charge is 0.424 e. The summed E-state index contributed by atoms with van der Waals surface area (Å²) >= 11 is 0. The van der Waals surface area contributed by atoms with Gasteiger partial charge in [0.25, 0.3) is 0 Å². The van der Waals surface area contributed by atoms with Gasteiger partial charge in [-0.1, -0.05) is 13.8 Å². The van der Waals surface area contributed by atoms with Gasteiger partial charge in [-0.05, 0) is 67.7 Å². The van der Waals surface area contributed by atoms with E-state index in [1.165, 1.54) is 38.5 Å². The number of hydrogen-bond donors (Lipinski definition) is 1. The summed E-state index contributed by atoms with van der Waals surface area (Å²) in [5.41, 5.74) is 1.54. The first-order chi connectivity index (χ1) is 9.92. The van der Waals surface area contributed by atoms with E-state index in [-0.39, 0.29) is 0 Å². The van der Waals surface area contributed by atoms with Crippen LogP contribution in [0.15, 0.2) is 4.42 Å². The van der Waals surface area contributed by atoms with Crippen molar-refractivity contribution in [3.8, 4) is 0 Å². The topological polar surface area (TPSA) is 51.0 Å². The Morgan fingerprint density at radius 1 is 1.05 bits per heavy atom. The lowest BCUT2D eigenvalue weighted by Gasteiger charge is -2.65.